The van der Waals surface area contributed by atoms with E-state index >= 15 is 0 Å². The van der Waals surface area contributed by atoms with E-state index in [1.807, 2.05) is 6.07 Å². The van der Waals surface area contributed by atoms with Crippen molar-refractivity contribution in [2.45, 2.75) is 0 Å². The zero-order chi connectivity index (χ0) is 15.9. The second kappa shape index (κ2) is 7.68. The number of para-hydroxylation sites is 1. The fraction of sp³-hybridized carbons (Fsp3) is 0.0667. The summed E-state index contributed by atoms with van der Waals surface area (Å²) in [5.41, 5.74) is 1.15. The molecule has 0 atom stereocenters. The van der Waals surface area contributed by atoms with Crippen LogP contribution >= 0.6 is 23.2 Å². The van der Waals surface area contributed by atoms with Crippen molar-refractivity contribution in [2.75, 3.05) is 17.2 Å². The number of benzene rings is 2. The summed E-state index contributed by atoms with van der Waals surface area (Å²) in [6.07, 6.45) is 0. The highest BCUT2D eigenvalue weighted by Gasteiger charge is 2.07. The van der Waals surface area contributed by atoms with Crippen LogP contribution < -0.4 is 16.0 Å². The molecule has 114 valence electrons. The Labute approximate surface area is 137 Å². The van der Waals surface area contributed by atoms with Crippen LogP contribution in [-0.2, 0) is 4.79 Å². The van der Waals surface area contributed by atoms with Crippen LogP contribution in [-0.4, -0.2) is 18.5 Å². The number of rotatable bonds is 4. The topological polar surface area (TPSA) is 70.2 Å². The van der Waals surface area contributed by atoms with Gasteiger partial charge in [0.25, 0.3) is 0 Å². The molecular formula is C15H13Cl2N3O2. The summed E-state index contributed by atoms with van der Waals surface area (Å²) in [7, 11) is 0. The van der Waals surface area contributed by atoms with Crippen LogP contribution in [0.1, 0.15) is 0 Å². The monoisotopic (exact) mass is 337 g/mol. The van der Waals surface area contributed by atoms with Crippen molar-refractivity contribution < 1.29 is 9.59 Å². The van der Waals surface area contributed by atoms with E-state index in [0.29, 0.717) is 21.4 Å². The molecule has 0 aliphatic heterocycles. The number of halogens is 2. The number of carbonyl (C=O) groups is 2. The zero-order valence-electron chi connectivity index (χ0n) is 11.4. The van der Waals surface area contributed by atoms with Crippen molar-refractivity contribution in [2.24, 2.45) is 0 Å². The lowest BCUT2D eigenvalue weighted by molar-refractivity contribution is -0.115. The van der Waals surface area contributed by atoms with E-state index in [4.69, 9.17) is 23.2 Å². The van der Waals surface area contributed by atoms with Crippen molar-refractivity contribution in [3.8, 4) is 0 Å². The SMILES string of the molecule is O=C(CNC(=O)Nc1ccccc1)Nc1ccc(Cl)c(Cl)c1. The van der Waals surface area contributed by atoms with Gasteiger partial charge in [0.05, 0.1) is 16.6 Å². The van der Waals surface area contributed by atoms with Gasteiger partial charge in [-0.1, -0.05) is 41.4 Å². The van der Waals surface area contributed by atoms with Crippen LogP contribution in [0.15, 0.2) is 48.5 Å². The van der Waals surface area contributed by atoms with Crippen LogP contribution in [0, 0.1) is 0 Å². The van der Waals surface area contributed by atoms with Gasteiger partial charge in [0, 0.05) is 11.4 Å². The normalized spacial score (nSPS) is 9.91. The average Bonchev–Trinajstić information content (AvgIpc) is 2.50. The molecule has 0 fully saturated rings. The summed E-state index contributed by atoms with van der Waals surface area (Å²) in [4.78, 5) is 23.4. The van der Waals surface area contributed by atoms with Gasteiger partial charge in [0.15, 0.2) is 0 Å². The third-order valence-corrected chi connectivity index (χ3v) is 3.38. The van der Waals surface area contributed by atoms with E-state index in [-0.39, 0.29) is 12.5 Å². The highest BCUT2D eigenvalue weighted by atomic mass is 35.5. The van der Waals surface area contributed by atoms with Crippen LogP contribution in [0.25, 0.3) is 0 Å². The Morgan fingerprint density at radius 1 is 0.864 bits per heavy atom. The van der Waals surface area contributed by atoms with E-state index in [1.54, 1.807) is 36.4 Å². The molecule has 0 unspecified atom stereocenters. The fourth-order valence-corrected chi connectivity index (χ4v) is 1.93. The van der Waals surface area contributed by atoms with E-state index < -0.39 is 6.03 Å². The van der Waals surface area contributed by atoms with Crippen molar-refractivity contribution in [3.05, 3.63) is 58.6 Å². The first-order valence-corrected chi connectivity index (χ1v) is 7.15. The summed E-state index contributed by atoms with van der Waals surface area (Å²) in [6.45, 7) is -0.168. The molecule has 0 saturated carbocycles. The van der Waals surface area contributed by atoms with Crippen molar-refractivity contribution in [3.63, 3.8) is 0 Å². The molecule has 0 aromatic heterocycles. The predicted molar refractivity (Wildman–Crippen MR) is 88.6 cm³/mol. The number of anilines is 2. The Morgan fingerprint density at radius 2 is 1.59 bits per heavy atom. The number of amides is 3. The first-order chi connectivity index (χ1) is 10.5. The average molecular weight is 338 g/mol. The molecule has 22 heavy (non-hydrogen) atoms. The molecule has 2 aromatic carbocycles. The molecule has 3 N–H and O–H groups in total. The van der Waals surface area contributed by atoms with Crippen LogP contribution in [0.2, 0.25) is 10.0 Å². The Morgan fingerprint density at radius 3 is 2.27 bits per heavy atom. The quantitative estimate of drug-likeness (QED) is 0.794. The summed E-state index contributed by atoms with van der Waals surface area (Å²) in [6, 6.07) is 13.2. The van der Waals surface area contributed by atoms with Crippen molar-refractivity contribution in [1.29, 1.82) is 0 Å². The summed E-state index contributed by atoms with van der Waals surface area (Å²) >= 11 is 11.6. The standard InChI is InChI=1S/C15H13Cl2N3O2/c16-12-7-6-11(8-13(12)17)19-14(21)9-18-15(22)20-10-4-2-1-3-5-10/h1-8H,9H2,(H,19,21)(H2,18,20,22). The summed E-state index contributed by atoms with van der Waals surface area (Å²) < 4.78 is 0. The third kappa shape index (κ3) is 4.95. The third-order valence-electron chi connectivity index (χ3n) is 2.64. The minimum atomic E-state index is -0.463. The molecule has 2 rings (SSSR count). The van der Waals surface area contributed by atoms with Gasteiger partial charge in [0.2, 0.25) is 5.91 Å². The molecule has 5 nitrogen and oxygen atoms in total. The molecule has 7 heteroatoms. The number of urea groups is 1. The van der Waals surface area contributed by atoms with Crippen LogP contribution in [0.3, 0.4) is 0 Å². The van der Waals surface area contributed by atoms with Crippen molar-refractivity contribution in [1.82, 2.24) is 5.32 Å². The lowest BCUT2D eigenvalue weighted by Gasteiger charge is -2.09. The van der Waals surface area contributed by atoms with Gasteiger partial charge >= 0.3 is 6.03 Å². The minimum Gasteiger partial charge on any atom is -0.329 e. The van der Waals surface area contributed by atoms with Gasteiger partial charge < -0.3 is 16.0 Å². The first kappa shape index (κ1) is 16.1. The molecule has 2 aromatic rings. The van der Waals surface area contributed by atoms with Crippen LogP contribution in [0.4, 0.5) is 16.2 Å². The van der Waals surface area contributed by atoms with Crippen LogP contribution in [0.5, 0.6) is 0 Å². The number of hydrogen-bond acceptors (Lipinski definition) is 2. The zero-order valence-corrected chi connectivity index (χ0v) is 12.9. The Balaban J connectivity index is 1.80. The number of nitrogens with one attached hydrogen (secondary N) is 3. The fourth-order valence-electron chi connectivity index (χ4n) is 1.64. The molecule has 0 aliphatic rings. The molecule has 0 radical (unpaired) electrons. The minimum absolute atomic E-state index is 0.168. The second-order valence-electron chi connectivity index (χ2n) is 4.35. The maximum Gasteiger partial charge on any atom is 0.319 e. The maximum atomic E-state index is 11.7. The highest BCUT2D eigenvalue weighted by molar-refractivity contribution is 6.42. The molecule has 0 saturated heterocycles. The Bertz CT molecular complexity index is 678. The summed E-state index contributed by atoms with van der Waals surface area (Å²) in [5.74, 6) is -0.374. The van der Waals surface area contributed by atoms with Gasteiger partial charge in [-0.05, 0) is 30.3 Å². The molecule has 0 aliphatic carbocycles. The predicted octanol–water partition coefficient (Wildman–Crippen LogP) is 3.75. The van der Waals surface area contributed by atoms with Gasteiger partial charge in [-0.15, -0.1) is 0 Å². The Hall–Kier alpha value is -2.24. The number of carbonyl (C=O) groups excluding carboxylic acids is 2. The Kier molecular flexibility index (Phi) is 5.63. The number of hydrogen-bond donors (Lipinski definition) is 3. The summed E-state index contributed by atoms with van der Waals surface area (Å²) in [5, 5.41) is 8.41. The van der Waals surface area contributed by atoms with Gasteiger partial charge in [0.1, 0.15) is 0 Å². The maximum absolute atomic E-state index is 11.7. The largest absolute Gasteiger partial charge is 0.329 e. The van der Waals surface area contributed by atoms with E-state index in [2.05, 4.69) is 16.0 Å². The molecule has 3 amide bonds. The smallest absolute Gasteiger partial charge is 0.319 e. The molecule has 0 heterocycles. The van der Waals surface area contributed by atoms with Gasteiger partial charge in [-0.2, -0.15) is 0 Å². The van der Waals surface area contributed by atoms with Gasteiger partial charge in [-0.3, -0.25) is 4.79 Å². The second-order valence-corrected chi connectivity index (χ2v) is 5.17. The van der Waals surface area contributed by atoms with Gasteiger partial charge in [-0.25, -0.2) is 4.79 Å². The van der Waals surface area contributed by atoms with Crippen molar-refractivity contribution >= 4 is 46.5 Å². The van der Waals surface area contributed by atoms with E-state index in [9.17, 15) is 9.59 Å². The lowest BCUT2D eigenvalue weighted by atomic mass is 10.3. The highest BCUT2D eigenvalue weighted by Crippen LogP contribution is 2.24. The van der Waals surface area contributed by atoms with E-state index in [1.165, 1.54) is 6.07 Å². The molecular weight excluding hydrogens is 325 g/mol. The van der Waals surface area contributed by atoms with E-state index in [0.717, 1.165) is 0 Å². The molecule has 0 spiro atoms. The molecule has 0 bridgehead atoms. The lowest BCUT2D eigenvalue weighted by Crippen LogP contribution is -2.35. The first-order valence-electron chi connectivity index (χ1n) is 6.39.